The van der Waals surface area contributed by atoms with Crippen LogP contribution in [0.25, 0.3) is 78.1 Å². The topological polar surface area (TPSA) is 38.9 Å². The van der Waals surface area contributed by atoms with Crippen molar-refractivity contribution in [2.75, 3.05) is 0 Å². The molecule has 300 valence electrons. The zero-order valence-corrected chi connectivity index (χ0v) is 35.0. The van der Waals surface area contributed by atoms with E-state index in [1.807, 2.05) is 0 Å². The molecule has 2 spiro atoms. The van der Waals surface area contributed by atoms with Gasteiger partial charge in [-0.15, -0.1) is 0 Å². The fraction of sp³-hybridized carbons (Fsp3) is 0.148. The minimum Gasteiger partial charge on any atom is -0.456 e. The summed E-state index contributed by atoms with van der Waals surface area (Å²) in [5.74, 6) is 1.93. The Bertz CT molecular complexity index is 3620. The maximum Gasteiger partial charge on any atom is 0.160 e. The highest BCUT2D eigenvalue weighted by Gasteiger charge is 2.88. The second-order valence-electron chi connectivity index (χ2n) is 19.6. The molecule has 2 aromatic heterocycles. The third-order valence-corrected chi connectivity index (χ3v) is 17.4. The van der Waals surface area contributed by atoms with E-state index in [-0.39, 0.29) is 22.2 Å². The molecule has 7 atom stereocenters. The molecule has 3 nitrogen and oxygen atoms in total. The first kappa shape index (κ1) is 34.2. The Kier molecular flexibility index (Phi) is 6.20. The van der Waals surface area contributed by atoms with Gasteiger partial charge in [0.25, 0.3) is 0 Å². The Morgan fingerprint density at radius 2 is 0.938 bits per heavy atom. The maximum atomic E-state index is 7.12. The zero-order chi connectivity index (χ0) is 41.5. The van der Waals surface area contributed by atoms with Crippen molar-refractivity contribution in [2.45, 2.75) is 46.8 Å². The Balaban J connectivity index is 1.04. The number of nitrogens with zero attached hydrogens (tertiary/aromatic N) is 2. The van der Waals surface area contributed by atoms with Crippen molar-refractivity contribution in [1.29, 1.82) is 0 Å². The number of aromatic nitrogens is 2. The van der Waals surface area contributed by atoms with Gasteiger partial charge in [-0.05, 0) is 110 Å². The predicted molar refractivity (Wildman–Crippen MR) is 255 cm³/mol. The average Bonchev–Trinajstić information content (AvgIpc) is 3.93. The van der Waals surface area contributed by atoms with E-state index in [4.69, 9.17) is 14.4 Å². The van der Waals surface area contributed by atoms with Gasteiger partial charge in [-0.2, -0.15) is 0 Å². The maximum absolute atomic E-state index is 7.12. The van der Waals surface area contributed by atoms with Crippen LogP contribution in [-0.4, -0.2) is 9.97 Å². The Morgan fingerprint density at radius 3 is 1.59 bits per heavy atom. The van der Waals surface area contributed by atoms with Gasteiger partial charge in [-0.25, -0.2) is 9.97 Å². The summed E-state index contributed by atoms with van der Waals surface area (Å²) in [7, 11) is 0. The molecule has 3 saturated carbocycles. The lowest BCUT2D eigenvalue weighted by molar-refractivity contribution is -0.0153. The summed E-state index contributed by atoms with van der Waals surface area (Å²) in [6.45, 7) is 0. The predicted octanol–water partition coefficient (Wildman–Crippen LogP) is 14.6. The number of benzene rings is 8. The summed E-state index contributed by atoms with van der Waals surface area (Å²) >= 11 is 0. The molecular weight excluding hydrogens is 777 g/mol. The van der Waals surface area contributed by atoms with Crippen LogP contribution < -0.4 is 0 Å². The minimum absolute atomic E-state index is 0.121. The standard InChI is InChI=1S/C61H40N2O/c1-3-16-35(17-4-1)50-32-51(36-18-5-2-6-19-36)63-57(62-50)37-30-47-55-53(31-37)64-52-29-15-26-44(54(52)55)56-59-33-48(42-24-9-7-20-38(42)40-22-11-13-27-45(40)59)61-46-28-14-12-23-41(46)39-21-8-10-25-43(39)49(61)34-60(47,56)58(59)61/h1-32,48-49,56,58H,33-34H2. The Hall–Kier alpha value is -7.36. The number of furan rings is 1. The van der Waals surface area contributed by atoms with E-state index in [1.165, 1.54) is 60.8 Å². The quantitative estimate of drug-likeness (QED) is 0.178. The highest BCUT2D eigenvalue weighted by Crippen LogP contribution is 2.92. The first-order valence-corrected chi connectivity index (χ1v) is 23.1. The van der Waals surface area contributed by atoms with Crippen LogP contribution in [-0.2, 0) is 16.2 Å². The largest absolute Gasteiger partial charge is 0.456 e. The molecule has 16 rings (SSSR count). The normalized spacial score (nSPS) is 26.5. The molecule has 0 amide bonds. The lowest BCUT2D eigenvalue weighted by atomic mass is 9.33. The van der Waals surface area contributed by atoms with Gasteiger partial charge < -0.3 is 4.42 Å². The molecule has 0 saturated heterocycles. The smallest absolute Gasteiger partial charge is 0.160 e. The van der Waals surface area contributed by atoms with E-state index in [2.05, 4.69) is 194 Å². The van der Waals surface area contributed by atoms with Crippen molar-refractivity contribution in [3.8, 4) is 56.2 Å². The van der Waals surface area contributed by atoms with Gasteiger partial charge in [0.05, 0.1) is 11.4 Å². The van der Waals surface area contributed by atoms with E-state index >= 15 is 0 Å². The van der Waals surface area contributed by atoms with Crippen LogP contribution in [0.4, 0.5) is 0 Å². The van der Waals surface area contributed by atoms with Gasteiger partial charge in [0, 0.05) is 49.6 Å². The second kappa shape index (κ2) is 11.6. The molecule has 2 heterocycles. The van der Waals surface area contributed by atoms with E-state index in [1.54, 1.807) is 5.56 Å². The zero-order valence-electron chi connectivity index (χ0n) is 35.0. The third-order valence-electron chi connectivity index (χ3n) is 17.4. The molecule has 3 heteroatoms. The minimum atomic E-state index is -0.192. The third kappa shape index (κ3) is 3.75. The fourth-order valence-electron chi connectivity index (χ4n) is 15.9. The van der Waals surface area contributed by atoms with Crippen LogP contribution in [0.2, 0.25) is 0 Å². The van der Waals surface area contributed by atoms with Crippen LogP contribution in [0.1, 0.15) is 64.0 Å². The van der Waals surface area contributed by atoms with E-state index in [0.29, 0.717) is 17.8 Å². The summed E-state index contributed by atoms with van der Waals surface area (Å²) in [6, 6.07) is 73.1. The summed E-state index contributed by atoms with van der Waals surface area (Å²) < 4.78 is 7.12. The number of hydrogen-bond acceptors (Lipinski definition) is 3. The molecule has 10 aromatic rings. The van der Waals surface area contributed by atoms with Crippen molar-refractivity contribution in [3.63, 3.8) is 0 Å². The SMILES string of the molecule is c1ccc(-c2cc(-c3ccccc3)nc(-c3cc4c5c(c3)oc3cccc(c35)C3C56CC(c7ccccc7-c7ccccc75)C57c8ccccc8-c8ccccc8C5CC43C67)n2)cc1. The second-order valence-corrected chi connectivity index (χ2v) is 19.6. The van der Waals surface area contributed by atoms with Gasteiger partial charge >= 0.3 is 0 Å². The molecule has 6 aliphatic rings. The summed E-state index contributed by atoms with van der Waals surface area (Å²) in [5.41, 5.74) is 21.1. The number of rotatable bonds is 3. The molecule has 0 aliphatic heterocycles. The number of fused-ring (bicyclic) bond motifs is 9. The van der Waals surface area contributed by atoms with Gasteiger partial charge in [0.2, 0.25) is 0 Å². The lowest BCUT2D eigenvalue weighted by Gasteiger charge is -2.69. The monoisotopic (exact) mass is 816 g/mol. The van der Waals surface area contributed by atoms with Gasteiger partial charge in [-0.3, -0.25) is 0 Å². The van der Waals surface area contributed by atoms with Crippen molar-refractivity contribution in [3.05, 3.63) is 228 Å². The summed E-state index contributed by atoms with van der Waals surface area (Å²) in [4.78, 5) is 10.9. The average molecular weight is 817 g/mol. The van der Waals surface area contributed by atoms with Crippen LogP contribution in [0.15, 0.2) is 199 Å². The van der Waals surface area contributed by atoms with Crippen molar-refractivity contribution < 1.29 is 4.42 Å². The van der Waals surface area contributed by atoms with Gasteiger partial charge in [0.1, 0.15) is 11.2 Å². The van der Waals surface area contributed by atoms with E-state index in [9.17, 15) is 0 Å². The highest BCUT2D eigenvalue weighted by atomic mass is 16.3. The molecular formula is C61H40N2O. The van der Waals surface area contributed by atoms with E-state index < -0.39 is 0 Å². The highest BCUT2D eigenvalue weighted by molar-refractivity contribution is 6.12. The Labute approximate surface area is 371 Å². The van der Waals surface area contributed by atoms with Crippen LogP contribution in [0.5, 0.6) is 0 Å². The van der Waals surface area contributed by atoms with E-state index in [0.717, 1.165) is 57.9 Å². The van der Waals surface area contributed by atoms with Crippen LogP contribution >= 0.6 is 0 Å². The van der Waals surface area contributed by atoms with Crippen LogP contribution in [0, 0.1) is 5.92 Å². The molecule has 6 aliphatic carbocycles. The van der Waals surface area contributed by atoms with Gasteiger partial charge in [0.15, 0.2) is 5.82 Å². The molecule has 8 aromatic carbocycles. The summed E-state index contributed by atoms with van der Waals surface area (Å²) in [5, 5.41) is 2.60. The molecule has 0 radical (unpaired) electrons. The summed E-state index contributed by atoms with van der Waals surface area (Å²) in [6.07, 6.45) is 2.18. The Morgan fingerprint density at radius 1 is 0.406 bits per heavy atom. The van der Waals surface area contributed by atoms with Crippen LogP contribution in [0.3, 0.4) is 0 Å². The lowest BCUT2D eigenvalue weighted by Crippen LogP contribution is -2.67. The first-order chi connectivity index (χ1) is 31.7. The van der Waals surface area contributed by atoms with Crippen molar-refractivity contribution in [1.82, 2.24) is 9.97 Å². The fourth-order valence-corrected chi connectivity index (χ4v) is 15.9. The van der Waals surface area contributed by atoms with Crippen molar-refractivity contribution in [2.24, 2.45) is 5.92 Å². The molecule has 0 N–H and O–H groups in total. The van der Waals surface area contributed by atoms with Gasteiger partial charge in [-0.1, -0.05) is 170 Å². The first-order valence-electron chi connectivity index (χ1n) is 23.1. The van der Waals surface area contributed by atoms with Crippen molar-refractivity contribution >= 4 is 21.9 Å². The number of hydrogen-bond donors (Lipinski definition) is 0. The molecule has 7 unspecified atom stereocenters. The molecule has 64 heavy (non-hydrogen) atoms. The molecule has 2 bridgehead atoms. The molecule has 3 fully saturated rings.